The molecule has 7 atom stereocenters. The third kappa shape index (κ3) is 4.62. The van der Waals surface area contributed by atoms with Gasteiger partial charge in [0, 0.05) is 36.0 Å². The number of halogens is 3. The predicted molar refractivity (Wildman–Crippen MR) is 122 cm³/mol. The number of carbonyl (C=O) groups excluding carboxylic acids is 3. The molecule has 0 bridgehead atoms. The lowest BCUT2D eigenvalue weighted by Crippen LogP contribution is -2.56. The molecule has 1 unspecified atom stereocenters. The first-order chi connectivity index (χ1) is 15.5. The Morgan fingerprint density at radius 3 is 2.58 bits per heavy atom. The third-order valence-electron chi connectivity index (χ3n) is 9.59. The highest BCUT2D eigenvalue weighted by Crippen LogP contribution is 2.65. The Morgan fingerprint density at radius 2 is 1.85 bits per heavy atom. The predicted octanol–water partition coefficient (Wildman–Crippen LogP) is 5.34. The number of amides is 1. The van der Waals surface area contributed by atoms with Crippen LogP contribution >= 0.6 is 11.8 Å². The number of nitrogens with one attached hydrogen (secondary N) is 1. The van der Waals surface area contributed by atoms with Gasteiger partial charge in [0.25, 0.3) is 0 Å². The van der Waals surface area contributed by atoms with E-state index in [2.05, 4.69) is 13.8 Å². The zero-order chi connectivity index (χ0) is 24.0. The van der Waals surface area contributed by atoms with E-state index >= 15 is 0 Å². The van der Waals surface area contributed by atoms with Gasteiger partial charge in [0.2, 0.25) is 0 Å². The standard InChI is InChI=1S/C25H36F3NO3S/c1-23-9-7-15(33-12-4-3-11-29-22(32)25(26,27)28)13-19(23)20(30)14-16-17-5-6-21(31)24(17,2)10-8-18(16)23/h15-19H,3-14H2,1-2H3,(H,29,32)/t15?,16-,17-,18-,19+,23+,24-/m0/s1. The third-order valence-corrected chi connectivity index (χ3v) is 11.0. The van der Waals surface area contributed by atoms with Crippen LogP contribution in [-0.4, -0.2) is 41.2 Å². The van der Waals surface area contributed by atoms with Crippen molar-refractivity contribution in [2.45, 2.75) is 89.5 Å². The fraction of sp³-hybridized carbons (Fsp3) is 0.880. The maximum absolute atomic E-state index is 13.3. The van der Waals surface area contributed by atoms with Gasteiger partial charge in [-0.15, -0.1) is 0 Å². The summed E-state index contributed by atoms with van der Waals surface area (Å²) >= 11 is 1.83. The molecule has 4 fully saturated rings. The fourth-order valence-corrected chi connectivity index (χ4v) is 9.02. The number of Topliss-reactive ketones (excluding diaryl/α,β-unsaturated/α-hetero) is 2. The molecule has 0 aromatic rings. The van der Waals surface area contributed by atoms with E-state index in [1.165, 1.54) is 0 Å². The van der Waals surface area contributed by atoms with Crippen LogP contribution in [0.4, 0.5) is 13.2 Å². The van der Waals surface area contributed by atoms with Crippen LogP contribution in [0.15, 0.2) is 0 Å². The van der Waals surface area contributed by atoms with Crippen molar-refractivity contribution in [2.75, 3.05) is 12.3 Å². The number of unbranched alkanes of at least 4 members (excludes halogenated alkanes) is 1. The van der Waals surface area contributed by atoms with Gasteiger partial charge in [-0.05, 0) is 80.3 Å². The number of rotatable bonds is 6. The van der Waals surface area contributed by atoms with E-state index in [-0.39, 0.29) is 23.3 Å². The first-order valence-electron chi connectivity index (χ1n) is 12.5. The van der Waals surface area contributed by atoms with Gasteiger partial charge in [-0.25, -0.2) is 0 Å². The van der Waals surface area contributed by atoms with Crippen LogP contribution in [0, 0.1) is 34.5 Å². The van der Waals surface area contributed by atoms with Gasteiger partial charge in [0.15, 0.2) is 0 Å². The molecule has 1 N–H and O–H groups in total. The number of hydrogen-bond acceptors (Lipinski definition) is 4. The van der Waals surface area contributed by atoms with Crippen LogP contribution in [0.25, 0.3) is 0 Å². The van der Waals surface area contributed by atoms with E-state index in [1.54, 1.807) is 0 Å². The topological polar surface area (TPSA) is 63.2 Å². The molecule has 0 radical (unpaired) electrons. The zero-order valence-corrected chi connectivity index (χ0v) is 20.5. The molecule has 4 saturated carbocycles. The van der Waals surface area contributed by atoms with Crippen LogP contribution < -0.4 is 5.32 Å². The van der Waals surface area contributed by atoms with Gasteiger partial charge in [0.1, 0.15) is 11.6 Å². The lowest BCUT2D eigenvalue weighted by Gasteiger charge is -2.59. The first kappa shape index (κ1) is 25.1. The highest BCUT2D eigenvalue weighted by Gasteiger charge is 2.62. The Morgan fingerprint density at radius 1 is 1.09 bits per heavy atom. The van der Waals surface area contributed by atoms with Crippen LogP contribution in [0.1, 0.15) is 78.1 Å². The molecule has 0 aliphatic heterocycles. The van der Waals surface area contributed by atoms with E-state index in [9.17, 15) is 27.6 Å². The first-order valence-corrected chi connectivity index (χ1v) is 13.5. The number of alkyl halides is 3. The normalized spacial score (nSPS) is 40.7. The molecule has 1 amide bonds. The van der Waals surface area contributed by atoms with Gasteiger partial charge in [-0.1, -0.05) is 13.8 Å². The molecule has 4 rings (SSSR count). The summed E-state index contributed by atoms with van der Waals surface area (Å²) in [6.07, 6.45) is 3.74. The number of thioether (sulfide) groups is 1. The number of ketones is 2. The molecule has 186 valence electrons. The van der Waals surface area contributed by atoms with Crippen molar-refractivity contribution in [3.8, 4) is 0 Å². The minimum atomic E-state index is -4.82. The molecule has 4 aliphatic rings. The number of hydrogen-bond donors (Lipinski definition) is 1. The summed E-state index contributed by atoms with van der Waals surface area (Å²) < 4.78 is 36.6. The molecule has 0 aromatic heterocycles. The molecule has 0 heterocycles. The van der Waals surface area contributed by atoms with E-state index in [0.717, 1.165) is 50.7 Å². The summed E-state index contributed by atoms with van der Waals surface area (Å²) in [5.74, 6) is 1.12. The second-order valence-electron chi connectivity index (χ2n) is 11.3. The molecule has 4 aliphatic carbocycles. The largest absolute Gasteiger partial charge is 0.471 e. The summed E-state index contributed by atoms with van der Waals surface area (Å²) in [6, 6.07) is 0. The van der Waals surface area contributed by atoms with Gasteiger partial charge in [0.05, 0.1) is 0 Å². The summed E-state index contributed by atoms with van der Waals surface area (Å²) in [5.41, 5.74) is -0.177. The van der Waals surface area contributed by atoms with Crippen molar-refractivity contribution < 1.29 is 27.6 Å². The summed E-state index contributed by atoms with van der Waals surface area (Å²) in [4.78, 5) is 36.8. The fourth-order valence-electron chi connectivity index (χ4n) is 7.71. The minimum Gasteiger partial charge on any atom is -0.348 e. The van der Waals surface area contributed by atoms with Gasteiger partial charge < -0.3 is 5.32 Å². The van der Waals surface area contributed by atoms with Crippen molar-refractivity contribution in [3.05, 3.63) is 0 Å². The van der Waals surface area contributed by atoms with Crippen molar-refractivity contribution in [3.63, 3.8) is 0 Å². The smallest absolute Gasteiger partial charge is 0.348 e. The Hall–Kier alpha value is -1.05. The van der Waals surface area contributed by atoms with Crippen LogP contribution in [0.3, 0.4) is 0 Å². The van der Waals surface area contributed by atoms with Gasteiger partial charge in [-0.2, -0.15) is 24.9 Å². The summed E-state index contributed by atoms with van der Waals surface area (Å²) in [7, 11) is 0. The highest BCUT2D eigenvalue weighted by molar-refractivity contribution is 7.99. The minimum absolute atomic E-state index is 0.0336. The SMILES string of the molecule is C[C@]12CCC(SCCCCNC(=O)C(F)(F)F)C[C@@H]1C(=O)C[C@@H]1[C@@H]2CC[C@]2(C)C(=O)CC[C@@H]12. The highest BCUT2D eigenvalue weighted by atomic mass is 32.2. The van der Waals surface area contributed by atoms with E-state index in [1.807, 2.05) is 17.1 Å². The van der Waals surface area contributed by atoms with Crippen LogP contribution in [0.5, 0.6) is 0 Å². The molecule has 33 heavy (non-hydrogen) atoms. The maximum Gasteiger partial charge on any atom is 0.471 e. The van der Waals surface area contributed by atoms with E-state index < -0.39 is 12.1 Å². The van der Waals surface area contributed by atoms with Crippen molar-refractivity contribution in [2.24, 2.45) is 34.5 Å². The number of carbonyl (C=O) groups is 3. The maximum atomic E-state index is 13.3. The molecular formula is C25H36F3NO3S. The quantitative estimate of drug-likeness (QED) is 0.514. The molecule has 0 saturated heterocycles. The Balaban J connectivity index is 1.28. The van der Waals surface area contributed by atoms with Crippen molar-refractivity contribution in [1.29, 1.82) is 0 Å². The van der Waals surface area contributed by atoms with Gasteiger partial charge in [-0.3, -0.25) is 14.4 Å². The number of fused-ring (bicyclic) bond motifs is 5. The molecule has 0 aromatic carbocycles. The second kappa shape index (κ2) is 9.19. The van der Waals surface area contributed by atoms with Crippen molar-refractivity contribution in [1.82, 2.24) is 5.32 Å². The molecule has 0 spiro atoms. The van der Waals surface area contributed by atoms with Crippen LogP contribution in [0.2, 0.25) is 0 Å². The Bertz CT molecular complexity index is 802. The lowest BCUT2D eigenvalue weighted by atomic mass is 9.45. The second-order valence-corrected chi connectivity index (χ2v) is 12.7. The summed E-state index contributed by atoms with van der Waals surface area (Å²) in [5, 5.41) is 2.33. The van der Waals surface area contributed by atoms with E-state index in [0.29, 0.717) is 53.8 Å². The monoisotopic (exact) mass is 487 g/mol. The molecule has 4 nitrogen and oxygen atoms in total. The average Bonchev–Trinajstić information content (AvgIpc) is 3.05. The summed E-state index contributed by atoms with van der Waals surface area (Å²) in [6.45, 7) is 4.51. The van der Waals surface area contributed by atoms with E-state index in [4.69, 9.17) is 0 Å². The molecular weight excluding hydrogens is 451 g/mol. The average molecular weight is 488 g/mol. The molecule has 8 heteroatoms. The lowest BCUT2D eigenvalue weighted by molar-refractivity contribution is -0.173. The Labute approximate surface area is 198 Å². The van der Waals surface area contributed by atoms with Crippen molar-refractivity contribution >= 4 is 29.2 Å². The van der Waals surface area contributed by atoms with Gasteiger partial charge >= 0.3 is 12.1 Å². The zero-order valence-electron chi connectivity index (χ0n) is 19.6. The van der Waals surface area contributed by atoms with Crippen LogP contribution in [-0.2, 0) is 14.4 Å². The Kier molecular flexibility index (Phi) is 6.98.